The smallest absolute Gasteiger partial charge is 0.295 e. The Hall–Kier alpha value is -3.12. The second-order valence-corrected chi connectivity index (χ2v) is 10.6. The molecule has 1 aliphatic rings. The fraction of sp³-hybridized carbons (Fsp3) is 0.467. The molecule has 36 heavy (non-hydrogen) atoms. The molecule has 1 heterocycles. The van der Waals surface area contributed by atoms with E-state index in [1.54, 1.807) is 11.0 Å². The maximum absolute atomic E-state index is 13.3. The van der Waals surface area contributed by atoms with Gasteiger partial charge in [-0.2, -0.15) is 0 Å². The molecule has 0 radical (unpaired) electrons. The number of rotatable bonds is 9. The van der Waals surface area contributed by atoms with Crippen molar-refractivity contribution < 1.29 is 19.4 Å². The van der Waals surface area contributed by atoms with Gasteiger partial charge in [-0.1, -0.05) is 52.0 Å². The zero-order chi connectivity index (χ0) is 26.6. The summed E-state index contributed by atoms with van der Waals surface area (Å²) in [7, 11) is 3.96. The molecule has 1 saturated heterocycles. The monoisotopic (exact) mass is 492 g/mol. The van der Waals surface area contributed by atoms with Crippen LogP contribution in [0, 0.1) is 0 Å². The number of hydrogen-bond donors (Lipinski definition) is 1. The number of amides is 1. The topological polar surface area (TPSA) is 70.1 Å². The maximum Gasteiger partial charge on any atom is 0.295 e. The number of aryl methyl sites for hydroxylation is 1. The van der Waals surface area contributed by atoms with Gasteiger partial charge in [0.05, 0.1) is 18.2 Å². The summed E-state index contributed by atoms with van der Waals surface area (Å²) in [4.78, 5) is 30.2. The van der Waals surface area contributed by atoms with Gasteiger partial charge in [0.1, 0.15) is 11.5 Å². The first-order valence-electron chi connectivity index (χ1n) is 12.8. The van der Waals surface area contributed by atoms with Gasteiger partial charge in [0.15, 0.2) is 0 Å². The molecule has 1 N–H and O–H groups in total. The fourth-order valence-electron chi connectivity index (χ4n) is 4.65. The van der Waals surface area contributed by atoms with Crippen LogP contribution in [0.15, 0.2) is 48.0 Å². The molecule has 194 valence electrons. The Balaban J connectivity index is 2.15. The van der Waals surface area contributed by atoms with Crippen molar-refractivity contribution in [3.63, 3.8) is 0 Å². The summed E-state index contributed by atoms with van der Waals surface area (Å²) < 4.78 is 5.82. The van der Waals surface area contributed by atoms with Crippen LogP contribution in [0.5, 0.6) is 5.75 Å². The molecule has 2 aromatic rings. The largest absolute Gasteiger partial charge is 0.507 e. The number of ether oxygens (including phenoxy) is 1. The number of carbonyl (C=O) groups is 2. The molecule has 6 heteroatoms. The van der Waals surface area contributed by atoms with Crippen molar-refractivity contribution in [1.82, 2.24) is 9.80 Å². The average Bonchev–Trinajstić information content (AvgIpc) is 3.08. The minimum absolute atomic E-state index is 0.137. The van der Waals surface area contributed by atoms with Crippen LogP contribution in [0.2, 0.25) is 0 Å². The van der Waals surface area contributed by atoms with Crippen molar-refractivity contribution in [1.29, 1.82) is 0 Å². The van der Waals surface area contributed by atoms with E-state index in [-0.39, 0.29) is 16.7 Å². The Labute approximate surface area is 215 Å². The minimum Gasteiger partial charge on any atom is -0.507 e. The molecule has 1 unspecified atom stereocenters. The normalized spacial score (nSPS) is 17.8. The number of nitrogens with zero attached hydrogens (tertiary/aromatic N) is 2. The third-order valence-electron chi connectivity index (χ3n) is 6.61. The van der Waals surface area contributed by atoms with E-state index >= 15 is 0 Å². The van der Waals surface area contributed by atoms with E-state index in [1.165, 1.54) is 5.56 Å². The number of carbonyl (C=O) groups excluding carboxylic acids is 2. The Morgan fingerprint density at radius 3 is 2.28 bits per heavy atom. The lowest BCUT2D eigenvalue weighted by Crippen LogP contribution is -2.32. The summed E-state index contributed by atoms with van der Waals surface area (Å²) in [5, 5.41) is 11.5. The quantitative estimate of drug-likeness (QED) is 0.292. The van der Waals surface area contributed by atoms with E-state index in [9.17, 15) is 14.7 Å². The second kappa shape index (κ2) is 11.3. The van der Waals surface area contributed by atoms with Gasteiger partial charge < -0.3 is 19.6 Å². The second-order valence-electron chi connectivity index (χ2n) is 10.6. The van der Waals surface area contributed by atoms with E-state index in [4.69, 9.17) is 4.74 Å². The van der Waals surface area contributed by atoms with Crippen molar-refractivity contribution in [3.8, 4) is 5.75 Å². The van der Waals surface area contributed by atoms with Crippen molar-refractivity contribution in [2.75, 3.05) is 33.8 Å². The van der Waals surface area contributed by atoms with E-state index in [0.717, 1.165) is 36.3 Å². The van der Waals surface area contributed by atoms with E-state index < -0.39 is 17.7 Å². The van der Waals surface area contributed by atoms with Crippen molar-refractivity contribution >= 4 is 17.4 Å². The summed E-state index contributed by atoms with van der Waals surface area (Å²) in [6.07, 6.45) is 1.62. The van der Waals surface area contributed by atoms with Crippen LogP contribution in [-0.4, -0.2) is 60.4 Å². The highest BCUT2D eigenvalue weighted by Crippen LogP contribution is 2.41. The van der Waals surface area contributed by atoms with Gasteiger partial charge in [-0.25, -0.2) is 0 Å². The fourth-order valence-corrected chi connectivity index (χ4v) is 4.65. The maximum atomic E-state index is 13.3. The standard InChI is InChI=1S/C30H40N2O4/c1-8-20-11-13-21(14-12-20)26-25(28(34)29(35)32(26)18-10-17-31(6)7)27(33)22-15-16-24(36-9-2)23(19-22)30(3,4)5/h11-16,19,26,33H,8-10,17-18H2,1-7H3/b27-25-. The number of likely N-dealkylation sites (tertiary alicyclic amines) is 1. The molecule has 0 saturated carbocycles. The van der Waals surface area contributed by atoms with Crippen LogP contribution in [-0.2, 0) is 21.4 Å². The minimum atomic E-state index is -0.645. The van der Waals surface area contributed by atoms with Crippen molar-refractivity contribution in [2.45, 2.75) is 58.9 Å². The van der Waals surface area contributed by atoms with Gasteiger partial charge in [-0.3, -0.25) is 9.59 Å². The molecular formula is C30H40N2O4. The van der Waals surface area contributed by atoms with Crippen LogP contribution in [0.3, 0.4) is 0 Å². The summed E-state index contributed by atoms with van der Waals surface area (Å²) in [6, 6.07) is 12.8. The van der Waals surface area contributed by atoms with Gasteiger partial charge in [0.2, 0.25) is 0 Å². The van der Waals surface area contributed by atoms with Gasteiger partial charge >= 0.3 is 0 Å². The number of ketones is 1. The lowest BCUT2D eigenvalue weighted by atomic mass is 9.84. The van der Waals surface area contributed by atoms with Crippen LogP contribution >= 0.6 is 0 Å². The highest BCUT2D eigenvalue weighted by Gasteiger charge is 2.45. The molecule has 2 aromatic carbocycles. The Kier molecular flexibility index (Phi) is 8.62. The number of Topliss-reactive ketones (excluding diaryl/α,β-unsaturated/α-hetero) is 1. The molecule has 1 aliphatic heterocycles. The molecular weight excluding hydrogens is 452 g/mol. The third kappa shape index (κ3) is 5.81. The molecule has 6 nitrogen and oxygen atoms in total. The first-order chi connectivity index (χ1) is 17.0. The SMILES string of the molecule is CCOc1ccc(/C(O)=C2/C(=O)C(=O)N(CCCN(C)C)C2c2ccc(CC)cc2)cc1C(C)(C)C. The van der Waals surface area contributed by atoms with E-state index in [1.807, 2.05) is 57.4 Å². The first-order valence-corrected chi connectivity index (χ1v) is 12.8. The Bertz CT molecular complexity index is 1130. The summed E-state index contributed by atoms with van der Waals surface area (Å²) in [5.74, 6) is -0.617. The number of hydrogen-bond acceptors (Lipinski definition) is 5. The molecule has 1 amide bonds. The predicted octanol–water partition coefficient (Wildman–Crippen LogP) is 5.32. The van der Waals surface area contributed by atoms with Crippen LogP contribution in [0.25, 0.3) is 5.76 Å². The van der Waals surface area contributed by atoms with Crippen LogP contribution in [0.1, 0.15) is 69.3 Å². The summed E-state index contributed by atoms with van der Waals surface area (Å²) in [6.45, 7) is 12.0. The lowest BCUT2D eigenvalue weighted by molar-refractivity contribution is -0.139. The molecule has 1 fully saturated rings. The zero-order valence-corrected chi connectivity index (χ0v) is 22.7. The summed E-state index contributed by atoms with van der Waals surface area (Å²) in [5.41, 5.74) is 3.32. The molecule has 0 bridgehead atoms. The van der Waals surface area contributed by atoms with Crippen LogP contribution in [0.4, 0.5) is 0 Å². The first kappa shape index (κ1) is 27.5. The molecule has 0 aromatic heterocycles. The highest BCUT2D eigenvalue weighted by molar-refractivity contribution is 6.46. The average molecular weight is 493 g/mol. The van der Waals surface area contributed by atoms with E-state index in [2.05, 4.69) is 32.6 Å². The van der Waals surface area contributed by atoms with E-state index in [0.29, 0.717) is 18.7 Å². The predicted molar refractivity (Wildman–Crippen MR) is 144 cm³/mol. The molecule has 1 atom stereocenters. The van der Waals surface area contributed by atoms with Gasteiger partial charge in [0, 0.05) is 17.7 Å². The molecule has 0 aliphatic carbocycles. The third-order valence-corrected chi connectivity index (χ3v) is 6.61. The number of aliphatic hydroxyl groups excluding tert-OH is 1. The Morgan fingerprint density at radius 2 is 1.72 bits per heavy atom. The number of benzene rings is 2. The van der Waals surface area contributed by atoms with Crippen molar-refractivity contribution in [3.05, 3.63) is 70.3 Å². The Morgan fingerprint density at radius 1 is 1.06 bits per heavy atom. The van der Waals surface area contributed by atoms with Gasteiger partial charge in [0.25, 0.3) is 11.7 Å². The van der Waals surface area contributed by atoms with Gasteiger partial charge in [-0.15, -0.1) is 0 Å². The molecule has 0 spiro atoms. The van der Waals surface area contributed by atoms with Crippen molar-refractivity contribution in [2.24, 2.45) is 0 Å². The molecule has 3 rings (SSSR count). The number of aliphatic hydroxyl groups is 1. The lowest BCUT2D eigenvalue weighted by Gasteiger charge is -2.26. The zero-order valence-electron chi connectivity index (χ0n) is 22.7. The van der Waals surface area contributed by atoms with Crippen LogP contribution < -0.4 is 4.74 Å². The van der Waals surface area contributed by atoms with Gasteiger partial charge in [-0.05, 0) is 75.1 Å². The highest BCUT2D eigenvalue weighted by atomic mass is 16.5. The summed E-state index contributed by atoms with van der Waals surface area (Å²) >= 11 is 0.